The second-order valence-electron chi connectivity index (χ2n) is 6.37. The van der Waals surface area contributed by atoms with E-state index in [2.05, 4.69) is 4.99 Å². The molecule has 2 aromatic rings. The largest absolute Gasteiger partial charge is 0.493 e. The molecule has 2 unspecified atom stereocenters. The number of benzene rings is 2. The van der Waals surface area contributed by atoms with Crippen molar-refractivity contribution in [1.29, 1.82) is 0 Å². The summed E-state index contributed by atoms with van der Waals surface area (Å²) in [6.45, 7) is 0. The van der Waals surface area contributed by atoms with E-state index >= 15 is 0 Å². The summed E-state index contributed by atoms with van der Waals surface area (Å²) in [6, 6.07) is 10.2. The summed E-state index contributed by atoms with van der Waals surface area (Å²) in [5.74, 6) is 1.12. The van der Waals surface area contributed by atoms with Crippen LogP contribution in [0.25, 0.3) is 0 Å². The van der Waals surface area contributed by atoms with Gasteiger partial charge in [0.15, 0.2) is 17.3 Å². The molecule has 1 heterocycles. The van der Waals surface area contributed by atoms with Crippen LogP contribution in [0.15, 0.2) is 46.3 Å². The Morgan fingerprint density at radius 1 is 1.15 bits per heavy atom. The Morgan fingerprint density at radius 3 is 2.77 bits per heavy atom. The van der Waals surface area contributed by atoms with Gasteiger partial charge in [0.1, 0.15) is 11.1 Å². The van der Waals surface area contributed by atoms with Gasteiger partial charge in [-0.2, -0.15) is 0 Å². The average molecular weight is 371 g/mol. The number of carbonyl (C=O) groups is 1. The molecule has 2 atom stereocenters. The van der Waals surface area contributed by atoms with Gasteiger partial charge in [0.05, 0.1) is 19.9 Å². The molecule has 134 valence electrons. The molecule has 1 aliphatic carbocycles. The molecule has 4 rings (SSSR count). The minimum Gasteiger partial charge on any atom is -0.493 e. The fraction of sp³-hybridized carbons (Fsp3) is 0.300. The summed E-state index contributed by atoms with van der Waals surface area (Å²) >= 11 is 1.40. The summed E-state index contributed by atoms with van der Waals surface area (Å²) in [4.78, 5) is 18.2. The second kappa shape index (κ2) is 6.76. The van der Waals surface area contributed by atoms with Gasteiger partial charge in [-0.15, -0.1) is 11.8 Å². The summed E-state index contributed by atoms with van der Waals surface area (Å²) in [7, 11) is 3.20. The molecule has 0 amide bonds. The van der Waals surface area contributed by atoms with Crippen LogP contribution in [0.4, 0.5) is 10.1 Å². The molecule has 1 fully saturated rings. The molecule has 0 spiro atoms. The van der Waals surface area contributed by atoms with Crippen LogP contribution >= 0.6 is 11.8 Å². The molecule has 4 nitrogen and oxygen atoms in total. The van der Waals surface area contributed by atoms with Crippen LogP contribution in [-0.4, -0.2) is 31.0 Å². The fourth-order valence-corrected chi connectivity index (χ4v) is 4.80. The molecule has 1 aliphatic heterocycles. The number of carbonyl (C=O) groups excluding carboxylic acids is 1. The number of methoxy groups -OCH3 is 2. The summed E-state index contributed by atoms with van der Waals surface area (Å²) < 4.78 is 24.4. The molecule has 1 saturated carbocycles. The molecule has 0 N–H and O–H groups in total. The lowest BCUT2D eigenvalue weighted by Crippen LogP contribution is -2.36. The molecule has 2 aromatic carbocycles. The van der Waals surface area contributed by atoms with Crippen LogP contribution in [0.3, 0.4) is 0 Å². The minimum absolute atomic E-state index is 0.00912. The predicted molar refractivity (Wildman–Crippen MR) is 99.7 cm³/mol. The minimum atomic E-state index is -0.322. The van der Waals surface area contributed by atoms with Crippen molar-refractivity contribution in [2.75, 3.05) is 14.2 Å². The number of nitrogens with zero attached hydrogens (tertiary/aromatic N) is 1. The van der Waals surface area contributed by atoms with Crippen molar-refractivity contribution in [3.8, 4) is 11.5 Å². The highest BCUT2D eigenvalue weighted by atomic mass is 32.2. The van der Waals surface area contributed by atoms with Crippen LogP contribution < -0.4 is 9.47 Å². The molecule has 0 aromatic heterocycles. The number of hydrogen-bond donors (Lipinski definition) is 0. The quantitative estimate of drug-likeness (QED) is 0.795. The third-order valence-corrected chi connectivity index (χ3v) is 6.15. The van der Waals surface area contributed by atoms with Crippen molar-refractivity contribution in [2.45, 2.75) is 28.9 Å². The van der Waals surface area contributed by atoms with Gasteiger partial charge in [-0.05, 0) is 36.6 Å². The Kier molecular flexibility index (Phi) is 4.44. The van der Waals surface area contributed by atoms with Crippen molar-refractivity contribution in [1.82, 2.24) is 0 Å². The Bertz CT molecular complexity index is 912. The van der Waals surface area contributed by atoms with Gasteiger partial charge < -0.3 is 9.47 Å². The van der Waals surface area contributed by atoms with Crippen molar-refractivity contribution in [2.24, 2.45) is 4.99 Å². The number of Topliss-reactive ketones (excluding diaryl/α,β-unsaturated/α-hetero) is 1. The lowest BCUT2D eigenvalue weighted by atomic mass is 9.81. The van der Waals surface area contributed by atoms with Gasteiger partial charge in [0.25, 0.3) is 0 Å². The van der Waals surface area contributed by atoms with Gasteiger partial charge in [-0.1, -0.05) is 12.1 Å². The summed E-state index contributed by atoms with van der Waals surface area (Å²) in [5, 5.41) is -0.322. The van der Waals surface area contributed by atoms with E-state index in [0.29, 0.717) is 24.3 Å². The second-order valence-corrected chi connectivity index (χ2v) is 7.51. The molecular formula is C20H18FNO3S. The highest BCUT2D eigenvalue weighted by molar-refractivity contribution is 8.01. The topological polar surface area (TPSA) is 47.9 Å². The maximum absolute atomic E-state index is 13.5. The number of hydrogen-bond acceptors (Lipinski definition) is 5. The summed E-state index contributed by atoms with van der Waals surface area (Å²) in [5.41, 5.74) is 2.53. The van der Waals surface area contributed by atoms with Crippen LogP contribution in [-0.2, 0) is 4.79 Å². The number of ether oxygens (including phenoxy) is 2. The standard InChI is InChI=1S/C20H18FNO3S/c1-24-17-5-3-4-13(19(17)25-2)11-8-15-20(16(23)9-11)26-18-10-12(21)6-7-14(18)22-15/h3-7,10-11,20H,8-9H2,1-2H3. The first-order chi connectivity index (χ1) is 12.6. The van der Waals surface area contributed by atoms with E-state index in [1.807, 2.05) is 18.2 Å². The molecule has 0 radical (unpaired) electrons. The van der Waals surface area contributed by atoms with Gasteiger partial charge >= 0.3 is 0 Å². The number of para-hydroxylation sites is 1. The van der Waals surface area contributed by atoms with E-state index < -0.39 is 0 Å². The highest BCUT2D eigenvalue weighted by Gasteiger charge is 2.38. The average Bonchev–Trinajstić information content (AvgIpc) is 2.66. The monoisotopic (exact) mass is 371 g/mol. The molecule has 2 aliphatic rings. The first-order valence-corrected chi connectivity index (χ1v) is 9.26. The van der Waals surface area contributed by atoms with Gasteiger partial charge in [0, 0.05) is 22.6 Å². The van der Waals surface area contributed by atoms with Gasteiger partial charge in [-0.25, -0.2) is 4.39 Å². The molecule has 6 heteroatoms. The molecule has 0 bridgehead atoms. The maximum Gasteiger partial charge on any atom is 0.164 e. The zero-order valence-electron chi connectivity index (χ0n) is 14.5. The number of halogens is 1. The lowest BCUT2D eigenvalue weighted by Gasteiger charge is -2.32. The Labute approximate surface area is 155 Å². The van der Waals surface area contributed by atoms with Crippen molar-refractivity contribution < 1.29 is 18.7 Å². The van der Waals surface area contributed by atoms with Gasteiger partial charge in [0.2, 0.25) is 0 Å². The third-order valence-electron chi connectivity index (χ3n) is 4.80. The van der Waals surface area contributed by atoms with Crippen LogP contribution in [0.5, 0.6) is 11.5 Å². The maximum atomic E-state index is 13.5. The lowest BCUT2D eigenvalue weighted by molar-refractivity contribution is -0.118. The SMILES string of the molecule is COc1cccc(C2CC(=O)C3Sc4cc(F)ccc4N=C3C2)c1OC. The molecular weight excluding hydrogens is 353 g/mol. The first kappa shape index (κ1) is 17.1. The van der Waals surface area contributed by atoms with Crippen LogP contribution in [0, 0.1) is 5.82 Å². The number of thioether (sulfide) groups is 1. The number of rotatable bonds is 3. The van der Waals surface area contributed by atoms with Crippen molar-refractivity contribution >= 4 is 28.9 Å². The number of ketones is 1. The van der Waals surface area contributed by atoms with Crippen LogP contribution in [0.2, 0.25) is 0 Å². The van der Waals surface area contributed by atoms with E-state index in [4.69, 9.17) is 9.47 Å². The Hall–Kier alpha value is -2.34. The third kappa shape index (κ3) is 2.88. The van der Waals surface area contributed by atoms with Crippen molar-refractivity contribution in [3.05, 3.63) is 47.8 Å². The Morgan fingerprint density at radius 2 is 2.00 bits per heavy atom. The Balaban J connectivity index is 1.71. The first-order valence-electron chi connectivity index (χ1n) is 8.38. The molecule has 0 saturated heterocycles. The van der Waals surface area contributed by atoms with E-state index in [-0.39, 0.29) is 22.8 Å². The number of aliphatic imine (C=N–C) groups is 1. The molecule has 26 heavy (non-hydrogen) atoms. The highest BCUT2D eigenvalue weighted by Crippen LogP contribution is 2.46. The van der Waals surface area contributed by atoms with E-state index in [9.17, 15) is 9.18 Å². The normalized spacial score (nSPS) is 21.5. The fourth-order valence-electron chi connectivity index (χ4n) is 3.62. The van der Waals surface area contributed by atoms with Crippen molar-refractivity contribution in [3.63, 3.8) is 0 Å². The number of fused-ring (bicyclic) bond motifs is 2. The van der Waals surface area contributed by atoms with E-state index in [1.54, 1.807) is 20.3 Å². The zero-order valence-corrected chi connectivity index (χ0v) is 15.3. The zero-order chi connectivity index (χ0) is 18.3. The van der Waals surface area contributed by atoms with Crippen LogP contribution in [0.1, 0.15) is 24.3 Å². The van der Waals surface area contributed by atoms with E-state index in [0.717, 1.165) is 21.9 Å². The van der Waals surface area contributed by atoms with E-state index in [1.165, 1.54) is 23.9 Å². The predicted octanol–water partition coefficient (Wildman–Crippen LogP) is 4.54. The smallest absolute Gasteiger partial charge is 0.164 e. The summed E-state index contributed by atoms with van der Waals surface area (Å²) in [6.07, 6.45) is 1.08. The van der Waals surface area contributed by atoms with Gasteiger partial charge in [-0.3, -0.25) is 9.79 Å².